The molecule has 1 aromatic carbocycles. The first-order chi connectivity index (χ1) is 14.8. The normalized spacial score (nSPS) is 13.3. The number of halogens is 1. The van der Waals surface area contributed by atoms with Gasteiger partial charge in [0.2, 0.25) is 0 Å². The Labute approximate surface area is 203 Å². The first-order valence-corrected chi connectivity index (χ1v) is 11.0. The molecule has 1 aliphatic heterocycles. The second kappa shape index (κ2) is 11.9. The molecule has 0 bridgehead atoms. The number of aliphatic imine (C=N–C) groups is 1. The summed E-state index contributed by atoms with van der Waals surface area (Å²) in [5.74, 6) is 3.04. The van der Waals surface area contributed by atoms with Crippen LogP contribution in [0, 0.1) is 0 Å². The van der Waals surface area contributed by atoms with Crippen molar-refractivity contribution in [3.63, 3.8) is 0 Å². The highest BCUT2D eigenvalue weighted by Gasteiger charge is 2.12. The third-order valence-electron chi connectivity index (χ3n) is 4.67. The Morgan fingerprint density at radius 3 is 2.90 bits per heavy atom. The van der Waals surface area contributed by atoms with Gasteiger partial charge < -0.3 is 24.7 Å². The molecule has 1 aliphatic rings. The fourth-order valence-corrected chi connectivity index (χ4v) is 3.80. The van der Waals surface area contributed by atoms with Crippen LogP contribution in [0.3, 0.4) is 0 Å². The summed E-state index contributed by atoms with van der Waals surface area (Å²) in [5.41, 5.74) is 0.888. The van der Waals surface area contributed by atoms with Crippen LogP contribution in [-0.2, 0) is 19.5 Å². The number of benzene rings is 1. The average Bonchev–Trinajstić information content (AvgIpc) is 3.39. The minimum absolute atomic E-state index is 0. The van der Waals surface area contributed by atoms with Crippen LogP contribution in [0.25, 0.3) is 0 Å². The van der Waals surface area contributed by atoms with E-state index in [1.165, 1.54) is 4.88 Å². The van der Waals surface area contributed by atoms with Gasteiger partial charge in [0.1, 0.15) is 12.9 Å². The molecule has 8 nitrogen and oxygen atoms in total. The smallest absolute Gasteiger partial charge is 0.196 e. The molecule has 0 saturated carbocycles. The molecule has 0 aliphatic carbocycles. The minimum atomic E-state index is 0. The number of rotatable bonds is 7. The summed E-state index contributed by atoms with van der Waals surface area (Å²) in [5, 5.41) is 17.0. The van der Waals surface area contributed by atoms with Crippen LogP contribution < -0.4 is 20.1 Å². The molecule has 0 amide bonds. The van der Waals surface area contributed by atoms with Crippen LogP contribution in [0.5, 0.6) is 11.5 Å². The molecule has 3 aromatic rings. The Bertz CT molecular complexity index is 976. The average molecular weight is 554 g/mol. The van der Waals surface area contributed by atoms with Gasteiger partial charge in [-0.15, -0.1) is 45.5 Å². The van der Waals surface area contributed by atoms with Crippen molar-refractivity contribution in [2.24, 2.45) is 4.99 Å². The van der Waals surface area contributed by atoms with Gasteiger partial charge in [-0.05, 0) is 36.9 Å². The van der Waals surface area contributed by atoms with Crippen LogP contribution in [0.4, 0.5) is 5.69 Å². The Kier molecular flexibility index (Phi) is 8.95. The Morgan fingerprint density at radius 1 is 1.23 bits per heavy atom. The number of guanidine groups is 1. The highest BCUT2D eigenvalue weighted by Crippen LogP contribution is 2.32. The number of thiophene rings is 1. The van der Waals surface area contributed by atoms with E-state index in [4.69, 9.17) is 14.5 Å². The van der Waals surface area contributed by atoms with Crippen molar-refractivity contribution in [1.82, 2.24) is 20.1 Å². The van der Waals surface area contributed by atoms with Crippen LogP contribution in [0.1, 0.15) is 24.0 Å². The number of nitrogens with one attached hydrogen (secondary N) is 2. The maximum atomic E-state index is 5.80. The van der Waals surface area contributed by atoms with Crippen molar-refractivity contribution in [2.45, 2.75) is 32.9 Å². The summed E-state index contributed by atoms with van der Waals surface area (Å²) in [4.78, 5) is 6.06. The number of ether oxygens (including phenoxy) is 2. The van der Waals surface area contributed by atoms with Crippen LogP contribution in [-0.4, -0.2) is 40.5 Å². The van der Waals surface area contributed by atoms with Gasteiger partial charge in [-0.3, -0.25) is 0 Å². The molecule has 2 N–H and O–H groups in total. The van der Waals surface area contributed by atoms with Crippen molar-refractivity contribution in [3.8, 4) is 11.5 Å². The number of anilines is 1. The molecule has 4 rings (SSSR count). The largest absolute Gasteiger partial charge is 0.490 e. The highest BCUT2D eigenvalue weighted by atomic mass is 127. The quantitative estimate of drug-likeness (QED) is 0.262. The van der Waals surface area contributed by atoms with Crippen molar-refractivity contribution in [2.75, 3.05) is 25.1 Å². The van der Waals surface area contributed by atoms with E-state index in [1.54, 1.807) is 17.7 Å². The summed E-state index contributed by atoms with van der Waals surface area (Å²) in [6.45, 7) is 5.42. The third-order valence-corrected chi connectivity index (χ3v) is 5.61. The summed E-state index contributed by atoms with van der Waals surface area (Å²) in [6.07, 6.45) is 3.54. The molecule has 31 heavy (non-hydrogen) atoms. The van der Waals surface area contributed by atoms with Gasteiger partial charge in [-0.1, -0.05) is 6.07 Å². The van der Waals surface area contributed by atoms with Gasteiger partial charge in [0.15, 0.2) is 23.3 Å². The maximum Gasteiger partial charge on any atom is 0.196 e. The lowest BCUT2D eigenvalue weighted by atomic mass is 10.2. The van der Waals surface area contributed by atoms with Crippen LogP contribution >= 0.6 is 35.3 Å². The first-order valence-electron chi connectivity index (χ1n) is 10.2. The topological polar surface area (TPSA) is 85.6 Å². The zero-order valence-electron chi connectivity index (χ0n) is 17.4. The summed E-state index contributed by atoms with van der Waals surface area (Å²) in [6, 6.07) is 10.1. The molecule has 3 heterocycles. The Hall–Kier alpha value is -2.34. The molecule has 0 atom stereocenters. The monoisotopic (exact) mass is 554 g/mol. The van der Waals surface area contributed by atoms with E-state index >= 15 is 0 Å². The van der Waals surface area contributed by atoms with E-state index in [0.717, 1.165) is 48.9 Å². The number of hydrogen-bond acceptors (Lipinski definition) is 6. The van der Waals surface area contributed by atoms with Crippen molar-refractivity contribution < 1.29 is 9.47 Å². The molecule has 0 fully saturated rings. The lowest BCUT2D eigenvalue weighted by molar-refractivity contribution is 0.297. The van der Waals surface area contributed by atoms with E-state index in [-0.39, 0.29) is 24.0 Å². The van der Waals surface area contributed by atoms with Crippen molar-refractivity contribution >= 4 is 47.0 Å². The second-order valence-corrected chi connectivity index (χ2v) is 7.82. The number of hydrogen-bond donors (Lipinski definition) is 2. The molecular weight excluding hydrogens is 527 g/mol. The molecule has 0 saturated heterocycles. The van der Waals surface area contributed by atoms with E-state index in [1.807, 2.05) is 22.8 Å². The maximum absolute atomic E-state index is 5.80. The fraction of sp³-hybridized carbons (Fsp3) is 0.381. The Morgan fingerprint density at radius 2 is 2.10 bits per heavy atom. The number of fused-ring (bicyclic) bond motifs is 1. The first kappa shape index (κ1) is 23.3. The van der Waals surface area contributed by atoms with E-state index in [9.17, 15) is 0 Å². The van der Waals surface area contributed by atoms with Gasteiger partial charge in [0.05, 0.1) is 13.2 Å². The molecule has 0 spiro atoms. The van der Waals surface area contributed by atoms with Crippen LogP contribution in [0.2, 0.25) is 0 Å². The molecule has 10 heteroatoms. The number of aromatic nitrogens is 3. The Balaban J connectivity index is 0.00000272. The second-order valence-electron chi connectivity index (χ2n) is 6.79. The van der Waals surface area contributed by atoms with Gasteiger partial charge in [0.25, 0.3) is 0 Å². The third kappa shape index (κ3) is 6.57. The summed E-state index contributed by atoms with van der Waals surface area (Å²) in [7, 11) is 0. The summed E-state index contributed by atoms with van der Waals surface area (Å²) < 4.78 is 13.5. The van der Waals surface area contributed by atoms with Crippen LogP contribution in [0.15, 0.2) is 47.0 Å². The highest BCUT2D eigenvalue weighted by molar-refractivity contribution is 14.0. The fourth-order valence-electron chi connectivity index (χ4n) is 3.09. The van der Waals surface area contributed by atoms with Gasteiger partial charge >= 0.3 is 0 Å². The lowest BCUT2D eigenvalue weighted by Crippen LogP contribution is -2.32. The van der Waals surface area contributed by atoms with E-state index in [0.29, 0.717) is 25.7 Å². The number of aryl methyl sites for hydroxylation is 1. The minimum Gasteiger partial charge on any atom is -0.490 e. The van der Waals surface area contributed by atoms with E-state index < -0.39 is 0 Å². The molecule has 2 aromatic heterocycles. The van der Waals surface area contributed by atoms with Crippen molar-refractivity contribution in [1.29, 1.82) is 0 Å². The molecular formula is C21H27IN6O2S. The molecule has 0 radical (unpaired) electrons. The van der Waals surface area contributed by atoms with Gasteiger partial charge in [-0.2, -0.15) is 0 Å². The van der Waals surface area contributed by atoms with Crippen molar-refractivity contribution in [3.05, 3.63) is 52.7 Å². The zero-order chi connectivity index (χ0) is 20.6. The zero-order valence-corrected chi connectivity index (χ0v) is 20.6. The number of nitrogens with zero attached hydrogens (tertiary/aromatic N) is 4. The molecule has 0 unspecified atom stereocenters. The standard InChI is InChI=1S/C21H26N6O2S.HI/c1-2-27-15-24-26-20(27)14-23-21(22-9-8-17-5-3-12-30-17)25-16-6-7-18-19(13-16)29-11-4-10-28-18;/h3,5-7,12-13,15H,2,4,8-11,14H2,1H3,(H2,22,23,25);1H. The molecule has 166 valence electrons. The predicted molar refractivity (Wildman–Crippen MR) is 134 cm³/mol. The predicted octanol–water partition coefficient (Wildman–Crippen LogP) is 3.94. The lowest BCUT2D eigenvalue weighted by Gasteiger charge is -2.14. The van der Waals surface area contributed by atoms with E-state index in [2.05, 4.69) is 45.3 Å². The SMILES string of the molecule is CCn1cnnc1CN=C(NCCc1cccs1)Nc1ccc2c(c1)OCCCO2.I. The van der Waals surface area contributed by atoms with Gasteiger partial charge in [-0.25, -0.2) is 4.99 Å². The summed E-state index contributed by atoms with van der Waals surface area (Å²) >= 11 is 1.76. The van der Waals surface area contributed by atoms with Gasteiger partial charge in [0, 0.05) is 36.1 Å².